The molecule has 0 radical (unpaired) electrons. The first-order chi connectivity index (χ1) is 17.9. The number of amides is 1. The van der Waals surface area contributed by atoms with Crippen LogP contribution in [0.15, 0.2) is 36.8 Å². The number of halogens is 1. The smallest absolute Gasteiger partial charge is 0.229 e. The van der Waals surface area contributed by atoms with E-state index in [2.05, 4.69) is 45.1 Å². The first-order valence-corrected chi connectivity index (χ1v) is 13.7. The Morgan fingerprint density at radius 2 is 2.00 bits per heavy atom. The molecule has 1 aromatic carbocycles. The second-order valence-corrected chi connectivity index (χ2v) is 11.5. The van der Waals surface area contributed by atoms with Crippen LogP contribution in [0.3, 0.4) is 0 Å². The van der Waals surface area contributed by atoms with Gasteiger partial charge in [0, 0.05) is 75.0 Å². The summed E-state index contributed by atoms with van der Waals surface area (Å²) in [6, 6.07) is 6.08. The van der Waals surface area contributed by atoms with E-state index in [4.69, 9.17) is 16.3 Å². The zero-order chi connectivity index (χ0) is 25.7. The van der Waals surface area contributed by atoms with Crippen molar-refractivity contribution in [3.05, 3.63) is 47.4 Å². The minimum absolute atomic E-state index is 0.0299. The van der Waals surface area contributed by atoms with Gasteiger partial charge in [0.25, 0.3) is 0 Å². The van der Waals surface area contributed by atoms with Crippen molar-refractivity contribution in [1.29, 1.82) is 0 Å². The Labute approximate surface area is 222 Å². The van der Waals surface area contributed by atoms with E-state index in [1.807, 2.05) is 31.6 Å². The van der Waals surface area contributed by atoms with Crippen LogP contribution >= 0.6 is 11.6 Å². The number of hydrogen-bond acceptors (Lipinski definition) is 6. The van der Waals surface area contributed by atoms with Crippen LogP contribution < -0.4 is 10.2 Å². The Hall–Kier alpha value is -2.68. The van der Waals surface area contributed by atoms with E-state index in [0.29, 0.717) is 11.7 Å². The topological polar surface area (TPSA) is 75.5 Å². The van der Waals surface area contributed by atoms with E-state index in [1.54, 1.807) is 10.9 Å². The molecule has 0 bridgehead atoms. The maximum Gasteiger partial charge on any atom is 0.229 e. The number of pyridine rings is 1. The van der Waals surface area contributed by atoms with E-state index in [-0.39, 0.29) is 23.3 Å². The van der Waals surface area contributed by atoms with Crippen LogP contribution in [0.25, 0.3) is 10.8 Å². The number of fused-ring (bicyclic) bond motifs is 1. The molecule has 2 saturated heterocycles. The van der Waals surface area contributed by atoms with E-state index < -0.39 is 0 Å². The minimum atomic E-state index is -0.0455. The summed E-state index contributed by atoms with van der Waals surface area (Å²) < 4.78 is 7.47. The molecule has 4 heterocycles. The van der Waals surface area contributed by atoms with Crippen LogP contribution in [0.5, 0.6) is 0 Å². The average molecular weight is 523 g/mol. The molecule has 3 aromatic rings. The van der Waals surface area contributed by atoms with Gasteiger partial charge in [-0.25, -0.2) is 4.98 Å². The second-order valence-electron chi connectivity index (χ2n) is 11.1. The van der Waals surface area contributed by atoms with Crippen LogP contribution in [0.2, 0.25) is 5.02 Å². The number of anilines is 2. The average Bonchev–Trinajstić information content (AvgIpc) is 3.18. The van der Waals surface area contributed by atoms with Crippen molar-refractivity contribution in [2.75, 3.05) is 49.6 Å². The third-order valence-corrected chi connectivity index (χ3v) is 8.98. The lowest BCUT2D eigenvalue weighted by atomic mass is 9.98. The molecule has 1 saturated carbocycles. The molecular formula is C28H35ClN6O2. The molecule has 3 fully saturated rings. The quantitative estimate of drug-likeness (QED) is 0.520. The number of aryl methyl sites for hydroxylation is 1. The summed E-state index contributed by atoms with van der Waals surface area (Å²) in [7, 11) is 1.91. The van der Waals surface area contributed by atoms with Gasteiger partial charge in [0.1, 0.15) is 5.82 Å². The standard InChI is InChI=1S/C28H35ClN6O2/c1-4-21-25(20-15-31-33(3)16-20)26(21)27(36)32-24-13-18-12-23(22(29)11-19(18)14-30-24)34-6-8-35(9-7-34)28(2)5-10-37-17-28/h11-16,21,25-26H,4-10,17H2,1-3H3,(H,30,32,36)/t21-,25+,26+,28+/m0/s1. The fourth-order valence-electron chi connectivity index (χ4n) is 6.37. The van der Waals surface area contributed by atoms with E-state index >= 15 is 0 Å². The fourth-order valence-corrected chi connectivity index (χ4v) is 6.66. The number of carbonyl (C=O) groups excluding carboxylic acids is 1. The number of benzene rings is 1. The van der Waals surface area contributed by atoms with Crippen molar-refractivity contribution in [2.45, 2.75) is 38.1 Å². The van der Waals surface area contributed by atoms with Gasteiger partial charge in [-0.05, 0) is 48.4 Å². The van der Waals surface area contributed by atoms with Gasteiger partial charge in [-0.15, -0.1) is 0 Å². The van der Waals surface area contributed by atoms with E-state index in [9.17, 15) is 4.79 Å². The third-order valence-electron chi connectivity index (χ3n) is 8.67. The highest BCUT2D eigenvalue weighted by atomic mass is 35.5. The lowest BCUT2D eigenvalue weighted by molar-refractivity contribution is -0.117. The Morgan fingerprint density at radius 1 is 1.19 bits per heavy atom. The van der Waals surface area contributed by atoms with Gasteiger partial charge < -0.3 is 15.0 Å². The molecule has 9 heteroatoms. The highest BCUT2D eigenvalue weighted by molar-refractivity contribution is 6.34. The zero-order valence-electron chi connectivity index (χ0n) is 21.8. The van der Waals surface area contributed by atoms with Gasteiger partial charge >= 0.3 is 0 Å². The molecule has 196 valence electrons. The Balaban J connectivity index is 1.16. The summed E-state index contributed by atoms with van der Waals surface area (Å²) in [4.78, 5) is 22.6. The molecule has 3 aliphatic rings. The molecule has 2 aliphatic heterocycles. The lowest BCUT2D eigenvalue weighted by Gasteiger charge is -2.44. The van der Waals surface area contributed by atoms with Crippen molar-refractivity contribution in [1.82, 2.24) is 19.7 Å². The van der Waals surface area contributed by atoms with E-state index in [0.717, 1.165) is 79.3 Å². The fraction of sp³-hybridized carbons (Fsp3) is 0.536. The monoisotopic (exact) mass is 522 g/mol. The van der Waals surface area contributed by atoms with Crippen LogP contribution in [0.1, 0.15) is 38.2 Å². The number of hydrogen-bond donors (Lipinski definition) is 1. The molecular weight excluding hydrogens is 488 g/mol. The summed E-state index contributed by atoms with van der Waals surface area (Å²) >= 11 is 6.73. The van der Waals surface area contributed by atoms with Gasteiger partial charge in [0.2, 0.25) is 5.91 Å². The molecule has 2 aromatic heterocycles. The molecule has 0 unspecified atom stereocenters. The van der Waals surface area contributed by atoms with Crippen LogP contribution in [0.4, 0.5) is 11.5 Å². The van der Waals surface area contributed by atoms with Gasteiger partial charge in [-0.1, -0.05) is 24.9 Å². The van der Waals surface area contributed by atoms with Crippen molar-refractivity contribution in [2.24, 2.45) is 18.9 Å². The first kappa shape index (κ1) is 24.6. The number of ether oxygens (including phenoxy) is 1. The molecule has 4 atom stereocenters. The molecule has 8 nitrogen and oxygen atoms in total. The summed E-state index contributed by atoms with van der Waals surface area (Å²) in [6.07, 6.45) is 7.74. The second kappa shape index (κ2) is 9.57. The molecule has 37 heavy (non-hydrogen) atoms. The number of nitrogens with one attached hydrogen (secondary N) is 1. The largest absolute Gasteiger partial charge is 0.379 e. The minimum Gasteiger partial charge on any atom is -0.379 e. The highest BCUT2D eigenvalue weighted by Gasteiger charge is 2.54. The highest BCUT2D eigenvalue weighted by Crippen LogP contribution is 2.56. The Bertz CT molecular complexity index is 1310. The van der Waals surface area contributed by atoms with Crippen LogP contribution in [-0.2, 0) is 16.6 Å². The Morgan fingerprint density at radius 3 is 2.68 bits per heavy atom. The van der Waals surface area contributed by atoms with Gasteiger partial charge in [0.15, 0.2) is 0 Å². The zero-order valence-corrected chi connectivity index (χ0v) is 22.5. The number of rotatable bonds is 6. The molecule has 1 aliphatic carbocycles. The summed E-state index contributed by atoms with van der Waals surface area (Å²) in [5.74, 6) is 1.13. The number of nitrogens with zero attached hydrogens (tertiary/aromatic N) is 5. The maximum atomic E-state index is 13.2. The predicted molar refractivity (Wildman–Crippen MR) is 146 cm³/mol. The van der Waals surface area contributed by atoms with Crippen molar-refractivity contribution in [3.63, 3.8) is 0 Å². The normalized spacial score (nSPS) is 28.1. The molecule has 0 spiro atoms. The molecule has 6 rings (SSSR count). The van der Waals surface area contributed by atoms with Crippen molar-refractivity contribution >= 4 is 39.8 Å². The number of piperazine rings is 1. The lowest BCUT2D eigenvalue weighted by Crippen LogP contribution is -2.56. The SMILES string of the molecule is CC[C@@H]1[C@@H](C(=O)Nc2cc3cc(N4CCN([C@]5(C)CCOC5)CC4)c(Cl)cc3cn2)[C@@H]1c1cnn(C)c1. The van der Waals surface area contributed by atoms with Gasteiger partial charge in [-0.3, -0.25) is 14.4 Å². The van der Waals surface area contributed by atoms with Gasteiger partial charge in [-0.2, -0.15) is 5.10 Å². The maximum absolute atomic E-state index is 13.2. The summed E-state index contributed by atoms with van der Waals surface area (Å²) in [5.41, 5.74) is 2.32. The first-order valence-electron chi connectivity index (χ1n) is 13.3. The number of carbonyl (C=O) groups is 1. The molecule has 1 N–H and O–H groups in total. The van der Waals surface area contributed by atoms with Crippen molar-refractivity contribution in [3.8, 4) is 0 Å². The summed E-state index contributed by atoms with van der Waals surface area (Å²) in [5, 5.41) is 10.1. The summed E-state index contributed by atoms with van der Waals surface area (Å²) in [6.45, 7) is 9.94. The van der Waals surface area contributed by atoms with Crippen LogP contribution in [-0.4, -0.2) is 70.5 Å². The third kappa shape index (κ3) is 4.60. The molecule has 1 amide bonds. The predicted octanol–water partition coefficient (Wildman–Crippen LogP) is 4.30. The van der Waals surface area contributed by atoms with Crippen LogP contribution in [0, 0.1) is 11.8 Å². The van der Waals surface area contributed by atoms with E-state index in [1.165, 1.54) is 0 Å². The number of aromatic nitrogens is 3. The van der Waals surface area contributed by atoms with Crippen molar-refractivity contribution < 1.29 is 9.53 Å². The van der Waals surface area contributed by atoms with Gasteiger partial charge in [0.05, 0.1) is 23.5 Å². The Kier molecular flexibility index (Phi) is 6.37.